The second-order valence-corrected chi connectivity index (χ2v) is 8.14. The molecule has 0 spiro atoms. The average Bonchev–Trinajstić information content (AvgIpc) is 3.11. The summed E-state index contributed by atoms with van der Waals surface area (Å²) in [7, 11) is 0. The molecule has 1 saturated heterocycles. The van der Waals surface area contributed by atoms with E-state index in [4.69, 9.17) is 11.6 Å². The molecule has 7 nitrogen and oxygen atoms in total. The molecule has 1 N–H and O–H groups in total. The van der Waals surface area contributed by atoms with E-state index in [0.717, 1.165) is 13.1 Å². The molecule has 2 aliphatic heterocycles. The van der Waals surface area contributed by atoms with Crippen LogP contribution in [0.4, 0.5) is 5.69 Å². The fourth-order valence-corrected chi connectivity index (χ4v) is 3.96. The summed E-state index contributed by atoms with van der Waals surface area (Å²) in [5.74, 6) is 6.03. The van der Waals surface area contributed by atoms with E-state index in [2.05, 4.69) is 27.0 Å². The number of carbonyl (C=O) groups is 2. The van der Waals surface area contributed by atoms with Gasteiger partial charge in [0.25, 0.3) is 11.8 Å². The molecular formula is C22H24ClN5O2. The molecule has 2 atom stereocenters. The van der Waals surface area contributed by atoms with Crippen molar-refractivity contribution in [2.24, 2.45) is 0 Å². The van der Waals surface area contributed by atoms with E-state index >= 15 is 0 Å². The Hall–Kier alpha value is -2.82. The largest absolute Gasteiger partial charge is 0.322 e. The lowest BCUT2D eigenvalue weighted by Crippen LogP contribution is -2.43. The first-order chi connectivity index (χ1) is 14.4. The zero-order valence-electron chi connectivity index (χ0n) is 17.1. The van der Waals surface area contributed by atoms with Gasteiger partial charge in [0.1, 0.15) is 11.5 Å². The topological polar surface area (TPSA) is 70.5 Å². The zero-order chi connectivity index (χ0) is 21.3. The van der Waals surface area contributed by atoms with E-state index in [1.54, 1.807) is 29.3 Å². The number of aromatic nitrogens is 2. The Kier molecular flexibility index (Phi) is 5.80. The smallest absolute Gasteiger partial charge is 0.298 e. The molecule has 8 heteroatoms. The Labute approximate surface area is 181 Å². The lowest BCUT2D eigenvalue weighted by Gasteiger charge is -2.34. The molecule has 0 bridgehead atoms. The highest BCUT2D eigenvalue weighted by molar-refractivity contribution is 6.33. The van der Waals surface area contributed by atoms with Gasteiger partial charge in [-0.3, -0.25) is 14.5 Å². The van der Waals surface area contributed by atoms with Gasteiger partial charge in [0, 0.05) is 19.6 Å². The number of nitrogens with one attached hydrogen (secondary N) is 1. The van der Waals surface area contributed by atoms with Crippen molar-refractivity contribution < 1.29 is 9.59 Å². The van der Waals surface area contributed by atoms with Crippen molar-refractivity contribution in [3.63, 3.8) is 0 Å². The van der Waals surface area contributed by atoms with Crippen molar-refractivity contribution in [1.29, 1.82) is 0 Å². The second-order valence-electron chi connectivity index (χ2n) is 7.73. The first-order valence-corrected chi connectivity index (χ1v) is 10.5. The van der Waals surface area contributed by atoms with E-state index in [0.29, 0.717) is 35.3 Å². The first kappa shape index (κ1) is 20.5. The monoisotopic (exact) mass is 425 g/mol. The molecule has 1 aromatic carbocycles. The predicted octanol–water partition coefficient (Wildman–Crippen LogP) is 2.79. The van der Waals surface area contributed by atoms with Gasteiger partial charge in [0.15, 0.2) is 0 Å². The standard InChI is InChI=1S/C22H24ClN5O2/c1-15(26-10-5-11-26)8-9-21(29)27-13-16(2)28-19(12-24-20(28)14-27)22(30)25-18-7-4-3-6-17(18)23/h3-4,6-7,12,15-16H,5,10-11,13-14H2,1-2H3,(H,25,30)/t15?,16-/m0/s1. The summed E-state index contributed by atoms with van der Waals surface area (Å²) in [5, 5.41) is 3.30. The summed E-state index contributed by atoms with van der Waals surface area (Å²) in [5.41, 5.74) is 0.994. The number of hydrogen-bond acceptors (Lipinski definition) is 4. The van der Waals surface area contributed by atoms with Gasteiger partial charge >= 0.3 is 0 Å². The van der Waals surface area contributed by atoms with E-state index in [9.17, 15) is 9.59 Å². The molecule has 2 amide bonds. The molecule has 0 saturated carbocycles. The molecular weight excluding hydrogens is 402 g/mol. The SMILES string of the molecule is CC(C#CC(=O)N1Cc2ncc(C(=O)Nc3ccccc3Cl)n2[C@@H](C)C1)N1CCC1. The minimum absolute atomic E-state index is 0.0898. The Morgan fingerprint density at radius 2 is 2.07 bits per heavy atom. The third-order valence-corrected chi connectivity index (χ3v) is 5.93. The molecule has 1 unspecified atom stereocenters. The van der Waals surface area contributed by atoms with E-state index in [1.807, 2.05) is 24.5 Å². The van der Waals surface area contributed by atoms with Crippen LogP contribution in [0.1, 0.15) is 42.6 Å². The van der Waals surface area contributed by atoms with Crippen LogP contribution in [0.25, 0.3) is 0 Å². The van der Waals surface area contributed by atoms with Gasteiger partial charge in [0.2, 0.25) is 0 Å². The number of imidazole rings is 1. The van der Waals surface area contributed by atoms with Crippen molar-refractivity contribution in [1.82, 2.24) is 19.4 Å². The molecule has 1 aromatic heterocycles. The average molecular weight is 426 g/mol. The van der Waals surface area contributed by atoms with Gasteiger partial charge in [-0.2, -0.15) is 0 Å². The molecule has 4 rings (SSSR count). The first-order valence-electron chi connectivity index (χ1n) is 10.1. The fraction of sp³-hybridized carbons (Fsp3) is 0.409. The number of nitrogens with zero attached hydrogens (tertiary/aromatic N) is 4. The van der Waals surface area contributed by atoms with Crippen LogP contribution < -0.4 is 5.32 Å². The number of fused-ring (bicyclic) bond motifs is 1. The number of rotatable bonds is 3. The van der Waals surface area contributed by atoms with Gasteiger partial charge < -0.3 is 14.8 Å². The van der Waals surface area contributed by atoms with Gasteiger partial charge in [-0.05, 0) is 38.3 Å². The van der Waals surface area contributed by atoms with Crippen molar-refractivity contribution in [3.8, 4) is 11.8 Å². The summed E-state index contributed by atoms with van der Waals surface area (Å²) < 4.78 is 1.88. The number of anilines is 1. The van der Waals surface area contributed by atoms with Crippen molar-refractivity contribution in [2.45, 2.75) is 38.9 Å². The number of benzene rings is 1. The van der Waals surface area contributed by atoms with Crippen LogP contribution in [-0.4, -0.2) is 56.8 Å². The predicted molar refractivity (Wildman–Crippen MR) is 115 cm³/mol. The maximum absolute atomic E-state index is 12.8. The van der Waals surface area contributed by atoms with Crippen LogP contribution in [0.5, 0.6) is 0 Å². The van der Waals surface area contributed by atoms with Crippen LogP contribution in [0.15, 0.2) is 30.5 Å². The van der Waals surface area contributed by atoms with Crippen molar-refractivity contribution in [3.05, 3.63) is 47.0 Å². The lowest BCUT2D eigenvalue weighted by molar-refractivity contribution is -0.127. The molecule has 3 heterocycles. The van der Waals surface area contributed by atoms with Crippen LogP contribution >= 0.6 is 11.6 Å². The van der Waals surface area contributed by atoms with Gasteiger partial charge in [0.05, 0.1) is 35.5 Å². The highest BCUT2D eigenvalue weighted by Crippen LogP contribution is 2.25. The quantitative estimate of drug-likeness (QED) is 0.767. The maximum Gasteiger partial charge on any atom is 0.298 e. The molecule has 30 heavy (non-hydrogen) atoms. The normalized spacial score (nSPS) is 19.2. The Bertz CT molecular complexity index is 1030. The van der Waals surface area contributed by atoms with Crippen molar-refractivity contribution >= 4 is 29.1 Å². The summed E-state index contributed by atoms with van der Waals surface area (Å²) in [4.78, 5) is 33.7. The van der Waals surface area contributed by atoms with Gasteiger partial charge in [-0.1, -0.05) is 29.7 Å². The molecule has 1 fully saturated rings. The Morgan fingerprint density at radius 1 is 1.30 bits per heavy atom. The fourth-order valence-electron chi connectivity index (χ4n) is 3.78. The molecule has 0 aliphatic carbocycles. The number of likely N-dealkylation sites (tertiary alicyclic amines) is 1. The van der Waals surface area contributed by atoms with Crippen LogP contribution in [-0.2, 0) is 11.3 Å². The number of hydrogen-bond donors (Lipinski definition) is 1. The summed E-state index contributed by atoms with van der Waals surface area (Å²) in [6.07, 6.45) is 2.74. The van der Waals surface area contributed by atoms with Crippen molar-refractivity contribution in [2.75, 3.05) is 25.0 Å². The molecule has 156 valence electrons. The van der Waals surface area contributed by atoms with E-state index < -0.39 is 0 Å². The maximum atomic E-state index is 12.8. The number of amides is 2. The summed E-state index contributed by atoms with van der Waals surface area (Å²) in [6, 6.07) is 7.08. The van der Waals surface area contributed by atoms with Crippen LogP contribution in [0.2, 0.25) is 5.02 Å². The Balaban J connectivity index is 1.47. The molecule has 2 aromatic rings. The zero-order valence-corrected chi connectivity index (χ0v) is 17.8. The minimum Gasteiger partial charge on any atom is -0.322 e. The third-order valence-electron chi connectivity index (χ3n) is 5.60. The number of halogens is 1. The lowest BCUT2D eigenvalue weighted by atomic mass is 10.1. The highest BCUT2D eigenvalue weighted by atomic mass is 35.5. The second kappa shape index (κ2) is 8.50. The van der Waals surface area contributed by atoms with Gasteiger partial charge in [-0.25, -0.2) is 4.98 Å². The van der Waals surface area contributed by atoms with E-state index in [-0.39, 0.29) is 23.9 Å². The third kappa shape index (κ3) is 4.07. The summed E-state index contributed by atoms with van der Waals surface area (Å²) >= 11 is 6.14. The number of carbonyl (C=O) groups excluding carboxylic acids is 2. The molecule has 2 aliphatic rings. The molecule has 0 radical (unpaired) electrons. The minimum atomic E-state index is -0.281. The van der Waals surface area contributed by atoms with Gasteiger partial charge in [-0.15, -0.1) is 0 Å². The number of para-hydroxylation sites is 1. The summed E-state index contributed by atoms with van der Waals surface area (Å²) in [6.45, 7) is 6.88. The van der Waals surface area contributed by atoms with E-state index in [1.165, 1.54) is 6.42 Å². The van der Waals surface area contributed by atoms with Crippen LogP contribution in [0, 0.1) is 11.8 Å². The Morgan fingerprint density at radius 3 is 2.77 bits per heavy atom. The highest BCUT2D eigenvalue weighted by Gasteiger charge is 2.30. The van der Waals surface area contributed by atoms with Crippen LogP contribution in [0.3, 0.4) is 0 Å².